The highest BCUT2D eigenvalue weighted by Crippen LogP contribution is 2.64. The molecule has 1 aliphatic heterocycles. The fourth-order valence-electron chi connectivity index (χ4n) is 2.79. The van der Waals surface area contributed by atoms with E-state index < -0.39 is 5.41 Å². The van der Waals surface area contributed by atoms with Crippen molar-refractivity contribution in [1.29, 1.82) is 0 Å². The molecule has 90 valence electrons. The van der Waals surface area contributed by atoms with Gasteiger partial charge in [-0.1, -0.05) is 16.8 Å². The molecule has 2 atom stereocenters. The Balaban J connectivity index is 1.85. The number of aromatic nitrogens is 4. The summed E-state index contributed by atoms with van der Waals surface area (Å²) in [6.07, 6.45) is 0.700. The molecule has 0 saturated heterocycles. The predicted molar refractivity (Wildman–Crippen MR) is 63.3 cm³/mol. The fourth-order valence-corrected chi connectivity index (χ4v) is 2.96. The van der Waals surface area contributed by atoms with E-state index in [4.69, 9.17) is 11.6 Å². The summed E-state index contributed by atoms with van der Waals surface area (Å²) in [6.45, 7) is 0. The van der Waals surface area contributed by atoms with Gasteiger partial charge >= 0.3 is 0 Å². The van der Waals surface area contributed by atoms with Crippen molar-refractivity contribution < 1.29 is 4.79 Å². The Kier molecular flexibility index (Phi) is 1.71. The first kappa shape index (κ1) is 10.0. The maximum atomic E-state index is 12.2. The number of halogens is 1. The molecule has 1 aromatic carbocycles. The summed E-state index contributed by atoms with van der Waals surface area (Å²) in [4.78, 5) is 12.2. The van der Waals surface area contributed by atoms with Crippen LogP contribution in [0.15, 0.2) is 18.2 Å². The van der Waals surface area contributed by atoms with E-state index in [0.29, 0.717) is 17.3 Å². The van der Waals surface area contributed by atoms with Crippen LogP contribution >= 0.6 is 11.6 Å². The number of nitrogens with zero attached hydrogens (tertiary/aromatic N) is 3. The topological polar surface area (TPSA) is 83.6 Å². The number of carbonyl (C=O) groups is 1. The third-order valence-corrected chi connectivity index (χ3v) is 3.98. The van der Waals surface area contributed by atoms with Crippen LogP contribution < -0.4 is 5.32 Å². The number of hydrogen-bond donors (Lipinski definition) is 2. The SMILES string of the molecule is O=C1Nc2ccc(Cl)cc2[C@@]12C[C@@H]2c1nn[nH]n1. The summed E-state index contributed by atoms with van der Waals surface area (Å²) in [5.74, 6) is 0.559. The van der Waals surface area contributed by atoms with E-state index in [9.17, 15) is 4.79 Å². The molecule has 0 bridgehead atoms. The lowest BCUT2D eigenvalue weighted by Crippen LogP contribution is -2.21. The number of tetrazole rings is 1. The molecule has 2 aromatic rings. The number of H-pyrrole nitrogens is 1. The van der Waals surface area contributed by atoms with Crippen LogP contribution in [0.25, 0.3) is 0 Å². The monoisotopic (exact) mass is 261 g/mol. The second-order valence-corrected chi connectivity index (χ2v) is 5.08. The van der Waals surface area contributed by atoms with E-state index >= 15 is 0 Å². The summed E-state index contributed by atoms with van der Waals surface area (Å²) in [7, 11) is 0. The Labute approximate surface area is 107 Å². The first-order chi connectivity index (χ1) is 8.72. The zero-order valence-electron chi connectivity index (χ0n) is 9.14. The highest BCUT2D eigenvalue weighted by atomic mass is 35.5. The standard InChI is InChI=1S/C11H8ClN5O/c12-5-1-2-8-6(3-5)11(10(18)13-8)4-7(11)9-14-16-17-15-9/h1-3,7H,4H2,(H,13,18)(H,14,15,16,17)/t7-,11-/m1/s1. The molecule has 4 rings (SSSR count). The van der Waals surface area contributed by atoms with Crippen LogP contribution in [-0.2, 0) is 10.2 Å². The molecular weight excluding hydrogens is 254 g/mol. The summed E-state index contributed by atoms with van der Waals surface area (Å²) >= 11 is 6.01. The lowest BCUT2D eigenvalue weighted by atomic mass is 9.94. The lowest BCUT2D eigenvalue weighted by molar-refractivity contribution is -0.118. The van der Waals surface area contributed by atoms with Crippen molar-refractivity contribution in [2.45, 2.75) is 17.8 Å². The van der Waals surface area contributed by atoms with Crippen LogP contribution in [0.4, 0.5) is 5.69 Å². The third kappa shape index (κ3) is 1.08. The van der Waals surface area contributed by atoms with Gasteiger partial charge in [0, 0.05) is 16.6 Å². The zero-order chi connectivity index (χ0) is 12.3. The maximum Gasteiger partial charge on any atom is 0.235 e. The molecule has 2 aliphatic rings. The lowest BCUT2D eigenvalue weighted by Gasteiger charge is -2.06. The van der Waals surface area contributed by atoms with Gasteiger partial charge in [0.2, 0.25) is 5.91 Å². The van der Waals surface area contributed by atoms with Crippen molar-refractivity contribution >= 4 is 23.2 Å². The van der Waals surface area contributed by atoms with Crippen LogP contribution in [0.3, 0.4) is 0 Å². The molecular formula is C11H8ClN5O. The van der Waals surface area contributed by atoms with Gasteiger partial charge in [0.05, 0.1) is 5.41 Å². The molecule has 1 fully saturated rings. The van der Waals surface area contributed by atoms with Gasteiger partial charge in [0.1, 0.15) is 0 Å². The second-order valence-electron chi connectivity index (χ2n) is 4.64. The third-order valence-electron chi connectivity index (χ3n) is 3.75. The number of aromatic amines is 1. The summed E-state index contributed by atoms with van der Waals surface area (Å²) in [6, 6.07) is 5.44. The Hall–Kier alpha value is -1.95. The Morgan fingerprint density at radius 2 is 2.33 bits per heavy atom. The van der Waals surface area contributed by atoms with Gasteiger partial charge < -0.3 is 5.32 Å². The van der Waals surface area contributed by atoms with E-state index in [2.05, 4.69) is 25.9 Å². The number of hydrogen-bond acceptors (Lipinski definition) is 4. The van der Waals surface area contributed by atoms with Gasteiger partial charge in [0.15, 0.2) is 5.82 Å². The number of fused-ring (bicyclic) bond motifs is 2. The minimum absolute atomic E-state index is 0.00503. The minimum Gasteiger partial charge on any atom is -0.325 e. The molecule has 6 nitrogen and oxygen atoms in total. The van der Waals surface area contributed by atoms with Gasteiger partial charge in [0.25, 0.3) is 0 Å². The Morgan fingerprint density at radius 3 is 3.11 bits per heavy atom. The minimum atomic E-state index is -0.551. The smallest absolute Gasteiger partial charge is 0.235 e. The summed E-state index contributed by atoms with van der Waals surface area (Å²) in [5, 5.41) is 17.4. The number of nitrogens with one attached hydrogen (secondary N) is 2. The van der Waals surface area contributed by atoms with E-state index in [1.54, 1.807) is 6.07 Å². The average molecular weight is 262 g/mol. The van der Waals surface area contributed by atoms with Gasteiger partial charge in [-0.25, -0.2) is 0 Å². The molecule has 0 unspecified atom stereocenters. The van der Waals surface area contributed by atoms with Crippen molar-refractivity contribution in [2.75, 3.05) is 5.32 Å². The predicted octanol–water partition coefficient (Wildman–Crippen LogP) is 1.23. The second kappa shape index (κ2) is 3.08. The molecule has 1 spiro atoms. The molecule has 2 heterocycles. The normalized spacial score (nSPS) is 28.3. The van der Waals surface area contributed by atoms with E-state index in [-0.39, 0.29) is 11.8 Å². The molecule has 7 heteroatoms. The Bertz CT molecular complexity index is 655. The van der Waals surface area contributed by atoms with E-state index in [1.807, 2.05) is 12.1 Å². The molecule has 1 aromatic heterocycles. The van der Waals surface area contributed by atoms with Crippen LogP contribution in [0.5, 0.6) is 0 Å². The van der Waals surface area contributed by atoms with Gasteiger partial charge in [-0.2, -0.15) is 5.21 Å². The molecule has 18 heavy (non-hydrogen) atoms. The van der Waals surface area contributed by atoms with Crippen molar-refractivity contribution in [1.82, 2.24) is 20.6 Å². The highest BCUT2D eigenvalue weighted by Gasteiger charge is 2.66. The molecule has 1 saturated carbocycles. The van der Waals surface area contributed by atoms with Crippen LogP contribution in [-0.4, -0.2) is 26.5 Å². The van der Waals surface area contributed by atoms with E-state index in [0.717, 1.165) is 11.3 Å². The average Bonchev–Trinajstić information content (AvgIpc) is 2.76. The Morgan fingerprint density at radius 1 is 1.44 bits per heavy atom. The van der Waals surface area contributed by atoms with Crippen molar-refractivity contribution in [3.05, 3.63) is 34.6 Å². The highest BCUT2D eigenvalue weighted by molar-refractivity contribution is 6.31. The zero-order valence-corrected chi connectivity index (χ0v) is 9.90. The number of rotatable bonds is 1. The van der Waals surface area contributed by atoms with Gasteiger partial charge in [-0.3, -0.25) is 4.79 Å². The van der Waals surface area contributed by atoms with E-state index in [1.165, 1.54) is 0 Å². The van der Waals surface area contributed by atoms with Crippen molar-refractivity contribution in [3.63, 3.8) is 0 Å². The number of carbonyl (C=O) groups excluding carboxylic acids is 1. The van der Waals surface area contributed by atoms with Crippen molar-refractivity contribution in [2.24, 2.45) is 0 Å². The molecule has 0 radical (unpaired) electrons. The number of amides is 1. The van der Waals surface area contributed by atoms with Crippen LogP contribution in [0, 0.1) is 0 Å². The summed E-state index contributed by atoms with van der Waals surface area (Å²) < 4.78 is 0. The quantitative estimate of drug-likeness (QED) is 0.809. The first-order valence-electron chi connectivity index (χ1n) is 5.56. The van der Waals surface area contributed by atoms with Gasteiger partial charge in [-0.15, -0.1) is 10.2 Å². The van der Waals surface area contributed by atoms with Crippen LogP contribution in [0.1, 0.15) is 23.7 Å². The first-order valence-corrected chi connectivity index (χ1v) is 5.94. The summed E-state index contributed by atoms with van der Waals surface area (Å²) in [5.41, 5.74) is 1.22. The molecule has 1 amide bonds. The van der Waals surface area contributed by atoms with Crippen LogP contribution in [0.2, 0.25) is 5.02 Å². The largest absolute Gasteiger partial charge is 0.325 e. The maximum absolute atomic E-state index is 12.2. The number of benzene rings is 1. The molecule has 2 N–H and O–H groups in total. The van der Waals surface area contributed by atoms with Crippen molar-refractivity contribution in [3.8, 4) is 0 Å². The van der Waals surface area contributed by atoms with Gasteiger partial charge in [-0.05, 0) is 30.2 Å². The molecule has 1 aliphatic carbocycles. The fraction of sp³-hybridized carbons (Fsp3) is 0.273. The number of anilines is 1.